The third-order valence-corrected chi connectivity index (χ3v) is 4.56. The first-order valence-corrected chi connectivity index (χ1v) is 6.51. The molecule has 1 aliphatic heterocycles. The Morgan fingerprint density at radius 1 is 1.53 bits per heavy atom. The van der Waals surface area contributed by atoms with Crippen LogP contribution in [0.25, 0.3) is 0 Å². The van der Waals surface area contributed by atoms with Crippen LogP contribution in [0.15, 0.2) is 4.42 Å². The lowest BCUT2D eigenvalue weighted by atomic mass is 9.90. The molecule has 1 fully saturated rings. The van der Waals surface area contributed by atoms with Gasteiger partial charge in [0.2, 0.25) is 11.8 Å². The minimum absolute atomic E-state index is 0.0756. The molecule has 0 aromatic carbocycles. The second kappa shape index (κ2) is 3.28. The Hall–Kier alpha value is -0.950. The van der Waals surface area contributed by atoms with E-state index in [2.05, 4.69) is 10.2 Å². The molecule has 1 aliphatic rings. The Morgan fingerprint density at radius 2 is 2.27 bits per heavy atom. The molecule has 1 saturated heterocycles. The van der Waals surface area contributed by atoms with Crippen LogP contribution in [-0.4, -0.2) is 30.1 Å². The minimum Gasteiger partial charge on any atom is -0.423 e. The van der Waals surface area contributed by atoms with Crippen molar-refractivity contribution in [3.05, 3.63) is 11.8 Å². The predicted octanol–water partition coefficient (Wildman–Crippen LogP) is -0.395. The van der Waals surface area contributed by atoms with E-state index in [0.717, 1.165) is 0 Å². The molecule has 1 aromatic heterocycles. The topological polar surface area (TPSA) is 99.1 Å². The first-order chi connectivity index (χ1) is 6.95. The molecule has 0 spiro atoms. The quantitative estimate of drug-likeness (QED) is 0.743. The van der Waals surface area contributed by atoms with Gasteiger partial charge in [0.05, 0.1) is 23.5 Å². The smallest absolute Gasteiger partial charge is 0.230 e. The van der Waals surface area contributed by atoms with Gasteiger partial charge in [-0.2, -0.15) is 0 Å². The van der Waals surface area contributed by atoms with Gasteiger partial charge in [-0.1, -0.05) is 0 Å². The summed E-state index contributed by atoms with van der Waals surface area (Å²) in [7, 11) is -2.96. The van der Waals surface area contributed by atoms with E-state index in [1.54, 1.807) is 0 Å². The van der Waals surface area contributed by atoms with E-state index in [1.165, 1.54) is 0 Å². The Labute approximate surface area is 87.8 Å². The first kappa shape index (κ1) is 10.6. The van der Waals surface area contributed by atoms with Gasteiger partial charge in [-0.3, -0.25) is 0 Å². The van der Waals surface area contributed by atoms with Crippen LogP contribution < -0.4 is 5.73 Å². The minimum atomic E-state index is -2.96. The van der Waals surface area contributed by atoms with Gasteiger partial charge in [0, 0.05) is 0 Å². The second-order valence-corrected chi connectivity index (χ2v) is 6.29. The van der Waals surface area contributed by atoms with Crippen LogP contribution in [-0.2, 0) is 21.8 Å². The highest BCUT2D eigenvalue weighted by Crippen LogP contribution is 2.34. The average Bonchev–Trinajstić information content (AvgIpc) is 2.71. The van der Waals surface area contributed by atoms with Crippen molar-refractivity contribution in [2.24, 2.45) is 5.73 Å². The van der Waals surface area contributed by atoms with Crippen molar-refractivity contribution < 1.29 is 12.8 Å². The lowest BCUT2D eigenvalue weighted by Crippen LogP contribution is -2.23. The number of hydrogen-bond donors (Lipinski definition) is 1. The van der Waals surface area contributed by atoms with Gasteiger partial charge in [0.15, 0.2) is 9.84 Å². The van der Waals surface area contributed by atoms with Gasteiger partial charge in [-0.05, 0) is 13.3 Å². The molecule has 7 heteroatoms. The molecule has 0 bridgehead atoms. The van der Waals surface area contributed by atoms with E-state index in [0.29, 0.717) is 18.2 Å². The van der Waals surface area contributed by atoms with Gasteiger partial charge in [0.1, 0.15) is 0 Å². The summed E-state index contributed by atoms with van der Waals surface area (Å²) in [5.41, 5.74) is 4.80. The molecule has 2 heterocycles. The molecular weight excluding hydrogens is 218 g/mol. The summed E-state index contributed by atoms with van der Waals surface area (Å²) >= 11 is 0. The summed E-state index contributed by atoms with van der Waals surface area (Å²) < 4.78 is 28.1. The average molecular weight is 231 g/mol. The normalized spacial score (nSPS) is 29.5. The molecule has 84 valence electrons. The first-order valence-electron chi connectivity index (χ1n) is 4.69. The van der Waals surface area contributed by atoms with E-state index >= 15 is 0 Å². The third-order valence-electron chi connectivity index (χ3n) is 2.66. The third kappa shape index (κ3) is 1.89. The van der Waals surface area contributed by atoms with E-state index in [-0.39, 0.29) is 18.1 Å². The van der Waals surface area contributed by atoms with Crippen molar-refractivity contribution in [2.45, 2.75) is 25.3 Å². The highest BCUT2D eigenvalue weighted by Gasteiger charge is 2.43. The molecule has 1 unspecified atom stereocenters. The van der Waals surface area contributed by atoms with Crippen molar-refractivity contribution in [3.63, 3.8) is 0 Å². The zero-order valence-electron chi connectivity index (χ0n) is 8.43. The van der Waals surface area contributed by atoms with Crippen LogP contribution in [0, 0.1) is 0 Å². The van der Waals surface area contributed by atoms with Crippen molar-refractivity contribution in [1.29, 1.82) is 0 Å². The van der Waals surface area contributed by atoms with E-state index in [9.17, 15) is 8.42 Å². The summed E-state index contributed by atoms with van der Waals surface area (Å²) in [6.45, 7) is 2.00. The molecule has 0 amide bonds. The highest BCUT2D eigenvalue weighted by molar-refractivity contribution is 7.91. The molecule has 2 N–H and O–H groups in total. The Bertz CT molecular complexity index is 467. The van der Waals surface area contributed by atoms with Gasteiger partial charge in [-0.15, -0.1) is 10.2 Å². The Kier molecular flexibility index (Phi) is 2.31. The largest absolute Gasteiger partial charge is 0.423 e. The number of aromatic nitrogens is 2. The zero-order valence-corrected chi connectivity index (χ0v) is 9.25. The van der Waals surface area contributed by atoms with Crippen LogP contribution in [0.2, 0.25) is 0 Å². The van der Waals surface area contributed by atoms with Crippen LogP contribution in [0.4, 0.5) is 0 Å². The molecule has 2 rings (SSSR count). The van der Waals surface area contributed by atoms with Crippen LogP contribution in [0.3, 0.4) is 0 Å². The fourth-order valence-corrected chi connectivity index (χ4v) is 3.90. The molecule has 0 saturated carbocycles. The molecular formula is C8H13N3O3S. The van der Waals surface area contributed by atoms with Gasteiger partial charge >= 0.3 is 0 Å². The summed E-state index contributed by atoms with van der Waals surface area (Å²) in [5, 5.41) is 7.58. The molecule has 0 radical (unpaired) electrons. The SMILES string of the molecule is CC1(c2nnc(CN)o2)CCS(=O)(=O)C1. The second-order valence-electron chi connectivity index (χ2n) is 4.11. The maximum absolute atomic E-state index is 11.4. The van der Waals surface area contributed by atoms with E-state index in [1.807, 2.05) is 6.92 Å². The number of hydrogen-bond acceptors (Lipinski definition) is 6. The molecule has 6 nitrogen and oxygen atoms in total. The summed E-state index contributed by atoms with van der Waals surface area (Å²) in [5.74, 6) is 0.982. The highest BCUT2D eigenvalue weighted by atomic mass is 32.2. The maximum atomic E-state index is 11.4. The summed E-state index contributed by atoms with van der Waals surface area (Å²) in [6.07, 6.45) is 0.529. The number of nitrogens with two attached hydrogens (primary N) is 1. The Morgan fingerprint density at radius 3 is 2.73 bits per heavy atom. The van der Waals surface area contributed by atoms with Gasteiger partial charge < -0.3 is 10.2 Å². The number of rotatable bonds is 2. The fourth-order valence-electron chi connectivity index (χ4n) is 1.76. The van der Waals surface area contributed by atoms with Gasteiger partial charge in [0.25, 0.3) is 0 Å². The standard InChI is InChI=1S/C8H13N3O3S/c1-8(2-3-15(12,13)5-8)7-11-10-6(4-9)14-7/h2-5,9H2,1H3. The molecule has 15 heavy (non-hydrogen) atoms. The van der Waals surface area contributed by atoms with Crippen molar-refractivity contribution in [3.8, 4) is 0 Å². The van der Waals surface area contributed by atoms with Crippen LogP contribution in [0.1, 0.15) is 25.1 Å². The summed E-state index contributed by atoms with van der Waals surface area (Å²) in [4.78, 5) is 0. The monoisotopic (exact) mass is 231 g/mol. The zero-order chi connectivity index (χ0) is 11.1. The number of nitrogens with zero attached hydrogens (tertiary/aromatic N) is 2. The van der Waals surface area contributed by atoms with E-state index < -0.39 is 15.3 Å². The predicted molar refractivity (Wildman–Crippen MR) is 52.8 cm³/mol. The fraction of sp³-hybridized carbons (Fsp3) is 0.750. The van der Waals surface area contributed by atoms with Crippen molar-refractivity contribution >= 4 is 9.84 Å². The molecule has 0 aliphatic carbocycles. The molecule has 1 atom stereocenters. The maximum Gasteiger partial charge on any atom is 0.230 e. The van der Waals surface area contributed by atoms with E-state index in [4.69, 9.17) is 10.2 Å². The van der Waals surface area contributed by atoms with Crippen molar-refractivity contribution in [1.82, 2.24) is 10.2 Å². The van der Waals surface area contributed by atoms with Crippen LogP contribution in [0.5, 0.6) is 0 Å². The van der Waals surface area contributed by atoms with Gasteiger partial charge in [-0.25, -0.2) is 8.42 Å². The lowest BCUT2D eigenvalue weighted by molar-refractivity contribution is 0.357. The summed E-state index contributed by atoms with van der Waals surface area (Å²) in [6, 6.07) is 0. The Balaban J connectivity index is 2.31. The molecule has 1 aromatic rings. The van der Waals surface area contributed by atoms with Crippen molar-refractivity contribution in [2.75, 3.05) is 11.5 Å². The lowest BCUT2D eigenvalue weighted by Gasteiger charge is -2.15. The van der Waals surface area contributed by atoms with Crippen LogP contribution >= 0.6 is 0 Å². The number of sulfone groups is 1.